The molecule has 4 nitrogen and oxygen atoms in total. The standard InChI is InChI=1S/C8H16O4S/c1-3-7(2)13(11,12)6-4-5-8(9)10/h7H,3-6H2,1-2H3,(H,9,10). The van der Waals surface area contributed by atoms with E-state index in [9.17, 15) is 13.2 Å². The number of carbonyl (C=O) groups is 1. The van der Waals surface area contributed by atoms with Crippen molar-refractivity contribution in [3.8, 4) is 0 Å². The Hall–Kier alpha value is -0.580. The van der Waals surface area contributed by atoms with Crippen molar-refractivity contribution in [2.45, 2.75) is 38.4 Å². The highest BCUT2D eigenvalue weighted by Gasteiger charge is 2.18. The monoisotopic (exact) mass is 208 g/mol. The molecule has 0 saturated carbocycles. The molecule has 0 aliphatic heterocycles. The van der Waals surface area contributed by atoms with Crippen LogP contribution < -0.4 is 0 Å². The van der Waals surface area contributed by atoms with E-state index in [1.807, 2.05) is 0 Å². The zero-order valence-electron chi connectivity index (χ0n) is 7.99. The Morgan fingerprint density at radius 1 is 1.46 bits per heavy atom. The molecule has 0 heterocycles. The average Bonchev–Trinajstić information content (AvgIpc) is 2.01. The van der Waals surface area contributed by atoms with E-state index >= 15 is 0 Å². The highest BCUT2D eigenvalue weighted by atomic mass is 32.2. The molecule has 1 unspecified atom stereocenters. The van der Waals surface area contributed by atoms with E-state index in [-0.39, 0.29) is 23.8 Å². The Balaban J connectivity index is 3.97. The lowest BCUT2D eigenvalue weighted by Crippen LogP contribution is -2.20. The molecular formula is C8H16O4S. The van der Waals surface area contributed by atoms with E-state index in [0.29, 0.717) is 6.42 Å². The number of sulfone groups is 1. The van der Waals surface area contributed by atoms with Gasteiger partial charge >= 0.3 is 5.97 Å². The predicted octanol–water partition coefficient (Wildman–Crippen LogP) is 1.06. The first-order valence-corrected chi connectivity index (χ1v) is 6.05. The summed E-state index contributed by atoms with van der Waals surface area (Å²) in [5.41, 5.74) is 0. The van der Waals surface area contributed by atoms with Crippen molar-refractivity contribution in [2.24, 2.45) is 0 Å². The first-order chi connectivity index (χ1) is 5.90. The summed E-state index contributed by atoms with van der Waals surface area (Å²) in [5.74, 6) is -0.965. The largest absolute Gasteiger partial charge is 0.481 e. The topological polar surface area (TPSA) is 71.4 Å². The third-order valence-electron chi connectivity index (χ3n) is 2.01. The van der Waals surface area contributed by atoms with Gasteiger partial charge in [0, 0.05) is 6.42 Å². The molecule has 0 aromatic heterocycles. The number of carboxylic acid groups (broad SMARTS) is 1. The summed E-state index contributed by atoms with van der Waals surface area (Å²) in [5, 5.41) is 7.95. The van der Waals surface area contributed by atoms with Gasteiger partial charge in [0.2, 0.25) is 0 Å². The second-order valence-corrected chi connectivity index (χ2v) is 5.62. The van der Waals surface area contributed by atoms with E-state index in [1.165, 1.54) is 0 Å². The maximum Gasteiger partial charge on any atom is 0.303 e. The third-order valence-corrected chi connectivity index (χ3v) is 4.42. The molecule has 0 aliphatic rings. The van der Waals surface area contributed by atoms with Gasteiger partial charge in [-0.25, -0.2) is 8.42 Å². The van der Waals surface area contributed by atoms with Crippen molar-refractivity contribution < 1.29 is 18.3 Å². The van der Waals surface area contributed by atoms with Crippen molar-refractivity contribution in [2.75, 3.05) is 5.75 Å². The number of hydrogen-bond acceptors (Lipinski definition) is 3. The van der Waals surface area contributed by atoms with Crippen molar-refractivity contribution in [1.29, 1.82) is 0 Å². The predicted molar refractivity (Wildman–Crippen MR) is 50.4 cm³/mol. The Morgan fingerprint density at radius 3 is 2.38 bits per heavy atom. The van der Waals surface area contributed by atoms with Gasteiger partial charge in [0.15, 0.2) is 9.84 Å². The van der Waals surface area contributed by atoms with Crippen molar-refractivity contribution in [1.82, 2.24) is 0 Å². The van der Waals surface area contributed by atoms with Gasteiger partial charge in [-0.1, -0.05) is 6.92 Å². The Kier molecular flexibility index (Phi) is 4.98. The van der Waals surface area contributed by atoms with E-state index < -0.39 is 15.8 Å². The van der Waals surface area contributed by atoms with Gasteiger partial charge in [0.05, 0.1) is 11.0 Å². The highest BCUT2D eigenvalue weighted by Crippen LogP contribution is 2.08. The molecule has 5 heteroatoms. The molecule has 0 amide bonds. The quantitative estimate of drug-likeness (QED) is 0.708. The molecule has 0 fully saturated rings. The van der Waals surface area contributed by atoms with Gasteiger partial charge in [-0.3, -0.25) is 4.79 Å². The lowest BCUT2D eigenvalue weighted by Gasteiger charge is -2.08. The van der Waals surface area contributed by atoms with E-state index in [0.717, 1.165) is 0 Å². The van der Waals surface area contributed by atoms with Gasteiger partial charge in [0.25, 0.3) is 0 Å². The maximum absolute atomic E-state index is 11.4. The molecule has 0 radical (unpaired) electrons. The fourth-order valence-corrected chi connectivity index (χ4v) is 2.34. The van der Waals surface area contributed by atoms with Gasteiger partial charge in [-0.15, -0.1) is 0 Å². The van der Waals surface area contributed by atoms with Gasteiger partial charge in [0.1, 0.15) is 0 Å². The first-order valence-electron chi connectivity index (χ1n) is 4.33. The van der Waals surface area contributed by atoms with Crippen LogP contribution in [0.3, 0.4) is 0 Å². The number of carboxylic acids is 1. The van der Waals surface area contributed by atoms with Crippen LogP contribution in [0, 0.1) is 0 Å². The molecule has 78 valence electrons. The van der Waals surface area contributed by atoms with Gasteiger partial charge in [-0.05, 0) is 19.8 Å². The number of aliphatic carboxylic acids is 1. The molecule has 0 rings (SSSR count). The van der Waals surface area contributed by atoms with Crippen LogP contribution in [0.5, 0.6) is 0 Å². The van der Waals surface area contributed by atoms with Crippen molar-refractivity contribution >= 4 is 15.8 Å². The number of hydrogen-bond donors (Lipinski definition) is 1. The Labute approximate surface area is 78.9 Å². The summed E-state index contributed by atoms with van der Waals surface area (Å²) in [4.78, 5) is 10.1. The summed E-state index contributed by atoms with van der Waals surface area (Å²) >= 11 is 0. The number of rotatable bonds is 6. The van der Waals surface area contributed by atoms with E-state index in [4.69, 9.17) is 5.11 Å². The normalized spacial score (nSPS) is 14.0. The summed E-state index contributed by atoms with van der Waals surface area (Å²) in [7, 11) is -3.07. The van der Waals surface area contributed by atoms with Crippen LogP contribution >= 0.6 is 0 Å². The molecule has 13 heavy (non-hydrogen) atoms. The van der Waals surface area contributed by atoms with Crippen LogP contribution in [0.25, 0.3) is 0 Å². The zero-order chi connectivity index (χ0) is 10.5. The lowest BCUT2D eigenvalue weighted by atomic mass is 10.3. The smallest absolute Gasteiger partial charge is 0.303 e. The highest BCUT2D eigenvalue weighted by molar-refractivity contribution is 7.91. The summed E-state index contributed by atoms with van der Waals surface area (Å²) < 4.78 is 22.7. The molecule has 0 aliphatic carbocycles. The molecular weight excluding hydrogens is 192 g/mol. The summed E-state index contributed by atoms with van der Waals surface area (Å²) in [6.45, 7) is 3.45. The second-order valence-electron chi connectivity index (χ2n) is 3.08. The zero-order valence-corrected chi connectivity index (χ0v) is 8.80. The first kappa shape index (κ1) is 12.4. The second kappa shape index (κ2) is 5.21. The molecule has 0 bridgehead atoms. The molecule has 0 spiro atoms. The molecule has 0 aromatic carbocycles. The van der Waals surface area contributed by atoms with E-state index in [1.54, 1.807) is 13.8 Å². The van der Waals surface area contributed by atoms with Crippen LogP contribution in [-0.4, -0.2) is 30.5 Å². The minimum Gasteiger partial charge on any atom is -0.481 e. The van der Waals surface area contributed by atoms with Crippen LogP contribution in [0.2, 0.25) is 0 Å². The molecule has 1 N–H and O–H groups in total. The van der Waals surface area contributed by atoms with E-state index in [2.05, 4.69) is 0 Å². The van der Waals surface area contributed by atoms with Crippen molar-refractivity contribution in [3.63, 3.8) is 0 Å². The Morgan fingerprint density at radius 2 is 2.00 bits per heavy atom. The van der Waals surface area contributed by atoms with Crippen LogP contribution in [-0.2, 0) is 14.6 Å². The molecule has 0 saturated heterocycles. The lowest BCUT2D eigenvalue weighted by molar-refractivity contribution is -0.137. The van der Waals surface area contributed by atoms with Crippen LogP contribution in [0.4, 0.5) is 0 Å². The minimum atomic E-state index is -3.07. The van der Waals surface area contributed by atoms with Crippen LogP contribution in [0.15, 0.2) is 0 Å². The third kappa shape index (κ3) is 4.87. The summed E-state index contributed by atoms with van der Waals surface area (Å²) in [6.07, 6.45) is 0.715. The molecule has 0 aromatic rings. The SMILES string of the molecule is CCC(C)S(=O)(=O)CCCC(=O)O. The fourth-order valence-electron chi connectivity index (χ4n) is 0.880. The fraction of sp³-hybridized carbons (Fsp3) is 0.875. The van der Waals surface area contributed by atoms with Crippen molar-refractivity contribution in [3.05, 3.63) is 0 Å². The van der Waals surface area contributed by atoms with Crippen LogP contribution in [0.1, 0.15) is 33.1 Å². The Bertz CT molecular complexity index is 255. The maximum atomic E-state index is 11.4. The van der Waals surface area contributed by atoms with Gasteiger partial charge in [-0.2, -0.15) is 0 Å². The van der Waals surface area contributed by atoms with Gasteiger partial charge < -0.3 is 5.11 Å². The summed E-state index contributed by atoms with van der Waals surface area (Å²) in [6, 6.07) is 0. The average molecular weight is 208 g/mol. The minimum absolute atomic E-state index is 0.0195. The molecule has 1 atom stereocenters.